The van der Waals surface area contributed by atoms with Gasteiger partial charge in [-0.2, -0.15) is 0 Å². The maximum absolute atomic E-state index is 12.6. The van der Waals surface area contributed by atoms with E-state index < -0.39 is 17.8 Å². The molecule has 2 heterocycles. The minimum atomic E-state index is -0.831. The SMILES string of the molecule is O=C(Nc1ccccc1)c1ccc(CN2C(=O)C(=O)N(CCc3cccs3)C2=O)cc1. The van der Waals surface area contributed by atoms with E-state index in [9.17, 15) is 19.2 Å². The van der Waals surface area contributed by atoms with Gasteiger partial charge < -0.3 is 5.32 Å². The lowest BCUT2D eigenvalue weighted by Crippen LogP contribution is -2.34. The van der Waals surface area contributed by atoms with Crippen LogP contribution in [0.4, 0.5) is 10.5 Å². The Morgan fingerprint density at radius 1 is 0.839 bits per heavy atom. The summed E-state index contributed by atoms with van der Waals surface area (Å²) in [6.45, 7) is 0.137. The number of nitrogens with one attached hydrogen (secondary N) is 1. The molecule has 1 fully saturated rings. The topological polar surface area (TPSA) is 86.8 Å². The molecule has 1 aromatic heterocycles. The van der Waals surface area contributed by atoms with Crippen molar-refractivity contribution in [2.45, 2.75) is 13.0 Å². The highest BCUT2D eigenvalue weighted by Gasteiger charge is 2.44. The minimum Gasteiger partial charge on any atom is -0.322 e. The molecule has 0 atom stereocenters. The second kappa shape index (κ2) is 8.93. The van der Waals surface area contributed by atoms with Crippen LogP contribution in [-0.2, 0) is 22.6 Å². The number of thiophene rings is 1. The molecular formula is C23H19N3O4S. The zero-order valence-corrected chi connectivity index (χ0v) is 17.3. The number of carbonyl (C=O) groups excluding carboxylic acids is 4. The van der Waals surface area contributed by atoms with Crippen LogP contribution in [0, 0.1) is 0 Å². The third-order valence-corrected chi connectivity index (χ3v) is 5.82. The van der Waals surface area contributed by atoms with Crippen LogP contribution in [0.5, 0.6) is 0 Å². The normalized spacial score (nSPS) is 13.7. The van der Waals surface area contributed by atoms with Gasteiger partial charge in [0.2, 0.25) is 0 Å². The van der Waals surface area contributed by atoms with Gasteiger partial charge >= 0.3 is 17.8 Å². The number of benzene rings is 2. The molecule has 0 aliphatic carbocycles. The Morgan fingerprint density at radius 3 is 2.23 bits per heavy atom. The Bertz CT molecular complexity index is 1110. The quantitative estimate of drug-likeness (QED) is 0.456. The maximum Gasteiger partial charge on any atom is 0.334 e. The monoisotopic (exact) mass is 433 g/mol. The van der Waals surface area contributed by atoms with Gasteiger partial charge in [-0.05, 0) is 41.3 Å². The Balaban J connectivity index is 1.39. The van der Waals surface area contributed by atoms with Crippen LogP contribution in [0.2, 0.25) is 0 Å². The lowest BCUT2D eigenvalue weighted by atomic mass is 10.1. The average molecular weight is 433 g/mol. The van der Waals surface area contributed by atoms with E-state index in [2.05, 4.69) is 5.32 Å². The van der Waals surface area contributed by atoms with Crippen LogP contribution in [-0.4, -0.2) is 40.1 Å². The molecule has 1 aliphatic rings. The van der Waals surface area contributed by atoms with Crippen molar-refractivity contribution in [1.29, 1.82) is 0 Å². The van der Waals surface area contributed by atoms with E-state index in [0.29, 0.717) is 23.2 Å². The summed E-state index contributed by atoms with van der Waals surface area (Å²) in [4.78, 5) is 52.5. The second-order valence-electron chi connectivity index (χ2n) is 6.98. The number of urea groups is 1. The third-order valence-electron chi connectivity index (χ3n) is 4.89. The Kier molecular flexibility index (Phi) is 5.90. The molecule has 0 radical (unpaired) electrons. The summed E-state index contributed by atoms with van der Waals surface area (Å²) >= 11 is 1.54. The molecule has 2 aromatic carbocycles. The first kappa shape index (κ1) is 20.5. The smallest absolute Gasteiger partial charge is 0.322 e. The number of para-hydroxylation sites is 1. The lowest BCUT2D eigenvalue weighted by Gasteiger charge is -2.15. The van der Waals surface area contributed by atoms with Crippen molar-refractivity contribution < 1.29 is 19.2 Å². The van der Waals surface area contributed by atoms with Gasteiger partial charge in [0.25, 0.3) is 5.91 Å². The van der Waals surface area contributed by atoms with Crippen molar-refractivity contribution in [3.05, 3.63) is 88.1 Å². The summed E-state index contributed by atoms with van der Waals surface area (Å²) in [6, 6.07) is 18.9. The van der Waals surface area contributed by atoms with Gasteiger partial charge in [-0.15, -0.1) is 11.3 Å². The third kappa shape index (κ3) is 4.54. The number of carbonyl (C=O) groups is 4. The first-order chi connectivity index (χ1) is 15.0. The number of hydrogen-bond donors (Lipinski definition) is 1. The molecule has 0 saturated carbocycles. The van der Waals surface area contributed by atoms with Crippen LogP contribution in [0.25, 0.3) is 0 Å². The molecule has 31 heavy (non-hydrogen) atoms. The minimum absolute atomic E-state index is 0.0283. The number of rotatable bonds is 7. The highest BCUT2D eigenvalue weighted by Crippen LogP contribution is 2.19. The summed E-state index contributed by atoms with van der Waals surface area (Å²) in [5, 5.41) is 4.71. The summed E-state index contributed by atoms with van der Waals surface area (Å²) in [6.07, 6.45) is 0.515. The lowest BCUT2D eigenvalue weighted by molar-refractivity contribution is -0.143. The predicted octanol–water partition coefficient (Wildman–Crippen LogP) is 3.53. The fourth-order valence-electron chi connectivity index (χ4n) is 3.23. The molecule has 156 valence electrons. The molecule has 1 aliphatic heterocycles. The number of nitrogens with zero attached hydrogens (tertiary/aromatic N) is 2. The van der Waals surface area contributed by atoms with E-state index in [0.717, 1.165) is 14.7 Å². The molecule has 7 nitrogen and oxygen atoms in total. The molecule has 3 aromatic rings. The second-order valence-corrected chi connectivity index (χ2v) is 8.01. The largest absolute Gasteiger partial charge is 0.334 e. The molecule has 0 unspecified atom stereocenters. The Labute approximate surface area is 182 Å². The molecule has 0 bridgehead atoms. The van der Waals surface area contributed by atoms with Crippen molar-refractivity contribution in [3.63, 3.8) is 0 Å². The Hall–Kier alpha value is -3.78. The van der Waals surface area contributed by atoms with Gasteiger partial charge in [-0.25, -0.2) is 4.79 Å². The fourth-order valence-corrected chi connectivity index (χ4v) is 3.93. The summed E-state index contributed by atoms with van der Waals surface area (Å²) in [5.41, 5.74) is 1.78. The van der Waals surface area contributed by atoms with E-state index in [1.807, 2.05) is 35.7 Å². The van der Waals surface area contributed by atoms with Gasteiger partial charge in [0.15, 0.2) is 0 Å². The highest BCUT2D eigenvalue weighted by molar-refractivity contribution is 7.09. The molecule has 8 heteroatoms. The van der Waals surface area contributed by atoms with Gasteiger partial charge in [-0.3, -0.25) is 24.2 Å². The standard InChI is InChI=1S/C23H19N3O4S/c27-20(24-18-5-2-1-3-6-18)17-10-8-16(9-11-17)15-26-22(29)21(28)25(23(26)30)13-12-19-7-4-14-31-19/h1-11,14H,12-13,15H2,(H,24,27). The van der Waals surface area contributed by atoms with Crippen molar-refractivity contribution in [2.75, 3.05) is 11.9 Å². The summed E-state index contributed by atoms with van der Waals surface area (Å²) in [5.74, 6) is -1.90. The van der Waals surface area contributed by atoms with Crippen LogP contribution >= 0.6 is 11.3 Å². The molecule has 1 N–H and O–H groups in total. The first-order valence-corrected chi connectivity index (χ1v) is 10.6. The van der Waals surface area contributed by atoms with Gasteiger partial charge in [0, 0.05) is 29.1 Å². The first-order valence-electron chi connectivity index (χ1n) is 9.68. The van der Waals surface area contributed by atoms with Gasteiger partial charge in [0.1, 0.15) is 0 Å². The van der Waals surface area contributed by atoms with Crippen LogP contribution in [0.1, 0.15) is 20.8 Å². The highest BCUT2D eigenvalue weighted by atomic mass is 32.1. The predicted molar refractivity (Wildman–Crippen MR) is 117 cm³/mol. The van der Waals surface area contributed by atoms with Crippen molar-refractivity contribution in [2.24, 2.45) is 0 Å². The van der Waals surface area contributed by atoms with Crippen molar-refractivity contribution >= 4 is 40.8 Å². The number of amides is 5. The van der Waals surface area contributed by atoms with E-state index in [4.69, 9.17) is 0 Å². The van der Waals surface area contributed by atoms with Crippen LogP contribution in [0.15, 0.2) is 72.1 Å². The van der Waals surface area contributed by atoms with Crippen molar-refractivity contribution in [3.8, 4) is 0 Å². The summed E-state index contributed by atoms with van der Waals surface area (Å²) in [7, 11) is 0. The molecule has 0 spiro atoms. The molecule has 5 amide bonds. The van der Waals surface area contributed by atoms with Gasteiger partial charge in [0.05, 0.1) is 6.54 Å². The number of hydrogen-bond acceptors (Lipinski definition) is 5. The zero-order valence-electron chi connectivity index (χ0n) is 16.5. The molecular weight excluding hydrogens is 414 g/mol. The molecule has 1 saturated heterocycles. The van der Waals surface area contributed by atoms with Crippen LogP contribution in [0.3, 0.4) is 0 Å². The fraction of sp³-hybridized carbons (Fsp3) is 0.130. The maximum atomic E-state index is 12.6. The van der Waals surface area contributed by atoms with Gasteiger partial charge in [-0.1, -0.05) is 36.4 Å². The van der Waals surface area contributed by atoms with E-state index in [-0.39, 0.29) is 19.0 Å². The zero-order chi connectivity index (χ0) is 21.8. The Morgan fingerprint density at radius 2 is 1.55 bits per heavy atom. The van der Waals surface area contributed by atoms with Crippen molar-refractivity contribution in [1.82, 2.24) is 9.80 Å². The molecule has 4 rings (SSSR count). The average Bonchev–Trinajstić information content (AvgIpc) is 3.37. The van der Waals surface area contributed by atoms with E-state index in [1.165, 1.54) is 11.3 Å². The number of imide groups is 2. The van der Waals surface area contributed by atoms with Crippen LogP contribution < -0.4 is 5.32 Å². The number of anilines is 1. The summed E-state index contributed by atoms with van der Waals surface area (Å²) < 4.78 is 0. The van der Waals surface area contributed by atoms with E-state index >= 15 is 0 Å². The van der Waals surface area contributed by atoms with E-state index in [1.54, 1.807) is 36.4 Å².